The van der Waals surface area contributed by atoms with E-state index in [-0.39, 0.29) is 28.6 Å². The first-order valence-electron chi connectivity index (χ1n) is 7.36. The Morgan fingerprint density at radius 2 is 2.14 bits per heavy atom. The summed E-state index contributed by atoms with van der Waals surface area (Å²) in [5.41, 5.74) is -0.121. The molecule has 1 aromatic heterocycles. The third-order valence-corrected chi connectivity index (χ3v) is 5.45. The molecule has 7 heteroatoms. The maximum Gasteiger partial charge on any atom is 0.387 e. The Kier molecular flexibility index (Phi) is 5.39. The molecule has 124 valence electrons. The summed E-state index contributed by atoms with van der Waals surface area (Å²) in [5.74, 6) is -0.312. The van der Waals surface area contributed by atoms with Gasteiger partial charge in [0.15, 0.2) is 0 Å². The number of hydrogen-bond donors (Lipinski definition) is 1. The van der Waals surface area contributed by atoms with Gasteiger partial charge in [0, 0.05) is 24.6 Å². The fourth-order valence-electron chi connectivity index (χ4n) is 2.77. The van der Waals surface area contributed by atoms with Crippen molar-refractivity contribution in [3.8, 4) is 5.75 Å². The molecule has 0 radical (unpaired) electrons. The predicted molar refractivity (Wildman–Crippen MR) is 80.6 cm³/mol. The van der Waals surface area contributed by atoms with Gasteiger partial charge in [-0.25, -0.2) is 0 Å². The molecule has 1 aliphatic heterocycles. The number of hydrogen-bond acceptors (Lipinski definition) is 4. The van der Waals surface area contributed by atoms with Crippen LogP contribution in [0.3, 0.4) is 0 Å². The van der Waals surface area contributed by atoms with Crippen molar-refractivity contribution in [3.63, 3.8) is 0 Å². The standard InChI is InChI=1S/C15H21F2NO3S/c1-3-15(9-19)4-6-18(7-5-15)13(20)12-11(21-14(16)17)8-10(2)22-12/h8,14,19H,3-7,9H2,1-2H3. The van der Waals surface area contributed by atoms with Gasteiger partial charge in [-0.2, -0.15) is 8.78 Å². The minimum atomic E-state index is -2.94. The first-order chi connectivity index (χ1) is 10.4. The number of carbonyl (C=O) groups excluding carboxylic acids is 1. The number of halogens is 2. The van der Waals surface area contributed by atoms with Gasteiger partial charge in [-0.1, -0.05) is 6.92 Å². The smallest absolute Gasteiger partial charge is 0.387 e. The summed E-state index contributed by atoms with van der Waals surface area (Å²) in [6.07, 6.45) is 2.31. The second-order valence-electron chi connectivity index (χ2n) is 5.73. The number of amides is 1. The Morgan fingerprint density at radius 3 is 2.64 bits per heavy atom. The van der Waals surface area contributed by atoms with Crippen molar-refractivity contribution in [1.82, 2.24) is 4.90 Å². The number of aliphatic hydroxyl groups excluding tert-OH is 1. The lowest BCUT2D eigenvalue weighted by Gasteiger charge is -2.40. The number of thiophene rings is 1. The number of aliphatic hydroxyl groups is 1. The van der Waals surface area contributed by atoms with Crippen molar-refractivity contribution < 1.29 is 23.4 Å². The first kappa shape index (κ1) is 17.1. The van der Waals surface area contributed by atoms with E-state index in [1.54, 1.807) is 11.8 Å². The fraction of sp³-hybridized carbons (Fsp3) is 0.667. The highest BCUT2D eigenvalue weighted by Gasteiger charge is 2.35. The molecule has 0 atom stereocenters. The van der Waals surface area contributed by atoms with Gasteiger partial charge in [0.05, 0.1) is 0 Å². The van der Waals surface area contributed by atoms with Crippen LogP contribution in [0.4, 0.5) is 8.78 Å². The predicted octanol–water partition coefficient (Wildman–Crippen LogP) is 3.28. The summed E-state index contributed by atoms with van der Waals surface area (Å²) in [7, 11) is 0. The quantitative estimate of drug-likeness (QED) is 0.899. The Morgan fingerprint density at radius 1 is 1.50 bits per heavy atom. The summed E-state index contributed by atoms with van der Waals surface area (Å²) in [6.45, 7) is 2.01. The van der Waals surface area contributed by atoms with Crippen LogP contribution in [0.15, 0.2) is 6.07 Å². The van der Waals surface area contributed by atoms with Crippen LogP contribution in [-0.2, 0) is 0 Å². The normalized spacial score (nSPS) is 17.8. The van der Waals surface area contributed by atoms with Gasteiger partial charge < -0.3 is 14.7 Å². The van der Waals surface area contributed by atoms with Crippen LogP contribution in [-0.4, -0.2) is 42.2 Å². The summed E-state index contributed by atoms with van der Waals surface area (Å²) >= 11 is 1.17. The van der Waals surface area contributed by atoms with E-state index in [4.69, 9.17) is 0 Å². The molecule has 0 saturated carbocycles. The van der Waals surface area contributed by atoms with Gasteiger partial charge in [-0.15, -0.1) is 11.3 Å². The van der Waals surface area contributed by atoms with Crippen molar-refractivity contribution in [1.29, 1.82) is 0 Å². The number of ether oxygens (including phenoxy) is 1. The van der Waals surface area contributed by atoms with E-state index in [2.05, 4.69) is 4.74 Å². The van der Waals surface area contributed by atoms with Gasteiger partial charge in [0.2, 0.25) is 0 Å². The molecule has 2 heterocycles. The summed E-state index contributed by atoms with van der Waals surface area (Å²) in [4.78, 5) is 15.2. The van der Waals surface area contributed by atoms with Crippen LogP contribution in [0.5, 0.6) is 5.75 Å². The number of aryl methyl sites for hydroxylation is 1. The zero-order valence-electron chi connectivity index (χ0n) is 12.8. The third kappa shape index (κ3) is 3.57. The Balaban J connectivity index is 2.10. The monoisotopic (exact) mass is 333 g/mol. The van der Waals surface area contributed by atoms with Crippen LogP contribution in [0.1, 0.15) is 40.7 Å². The maximum absolute atomic E-state index is 12.6. The SMILES string of the molecule is CCC1(CO)CCN(C(=O)c2sc(C)cc2OC(F)F)CC1. The molecule has 1 saturated heterocycles. The van der Waals surface area contributed by atoms with Gasteiger partial charge in [-0.05, 0) is 37.7 Å². The molecule has 0 bridgehead atoms. The molecule has 1 fully saturated rings. The second-order valence-corrected chi connectivity index (χ2v) is 6.99. The van der Waals surface area contributed by atoms with Crippen molar-refractivity contribution >= 4 is 17.2 Å². The topological polar surface area (TPSA) is 49.8 Å². The van der Waals surface area contributed by atoms with Crippen molar-refractivity contribution in [3.05, 3.63) is 15.8 Å². The van der Waals surface area contributed by atoms with Crippen LogP contribution in [0.25, 0.3) is 0 Å². The molecule has 1 amide bonds. The molecule has 1 aromatic rings. The summed E-state index contributed by atoms with van der Waals surface area (Å²) in [6, 6.07) is 1.47. The minimum Gasteiger partial charge on any atom is -0.433 e. The van der Waals surface area contributed by atoms with Crippen molar-refractivity contribution in [2.24, 2.45) is 5.41 Å². The number of rotatable bonds is 5. The molecule has 4 nitrogen and oxygen atoms in total. The Labute approximate surface area is 132 Å². The van der Waals surface area contributed by atoms with Gasteiger partial charge in [-0.3, -0.25) is 4.79 Å². The highest BCUT2D eigenvalue weighted by Crippen LogP contribution is 2.37. The van der Waals surface area contributed by atoms with E-state index in [9.17, 15) is 18.7 Å². The number of carbonyl (C=O) groups is 1. The van der Waals surface area contributed by atoms with Crippen LogP contribution in [0.2, 0.25) is 0 Å². The van der Waals surface area contributed by atoms with E-state index in [1.807, 2.05) is 6.92 Å². The highest BCUT2D eigenvalue weighted by atomic mass is 32.1. The molecule has 0 aromatic carbocycles. The summed E-state index contributed by atoms with van der Waals surface area (Å²) in [5, 5.41) is 9.53. The zero-order chi connectivity index (χ0) is 16.3. The largest absolute Gasteiger partial charge is 0.433 e. The van der Waals surface area contributed by atoms with E-state index in [0.717, 1.165) is 24.1 Å². The lowest BCUT2D eigenvalue weighted by molar-refractivity contribution is -0.0500. The number of alkyl halides is 2. The average Bonchev–Trinajstić information content (AvgIpc) is 2.86. The van der Waals surface area contributed by atoms with E-state index < -0.39 is 6.61 Å². The molecular weight excluding hydrogens is 312 g/mol. The first-order valence-corrected chi connectivity index (χ1v) is 8.18. The number of piperidine rings is 1. The molecule has 1 N–H and O–H groups in total. The van der Waals surface area contributed by atoms with Gasteiger partial charge >= 0.3 is 6.61 Å². The van der Waals surface area contributed by atoms with Gasteiger partial charge in [0.1, 0.15) is 10.6 Å². The molecular formula is C15H21F2NO3S. The van der Waals surface area contributed by atoms with Crippen molar-refractivity contribution in [2.75, 3.05) is 19.7 Å². The Bertz CT molecular complexity index is 519. The van der Waals surface area contributed by atoms with Crippen LogP contribution >= 0.6 is 11.3 Å². The molecule has 22 heavy (non-hydrogen) atoms. The van der Waals surface area contributed by atoms with Crippen LogP contribution < -0.4 is 4.74 Å². The lowest BCUT2D eigenvalue weighted by atomic mass is 9.77. The molecule has 0 aliphatic carbocycles. The fourth-order valence-corrected chi connectivity index (χ4v) is 3.69. The number of nitrogens with zero attached hydrogens (tertiary/aromatic N) is 1. The van der Waals surface area contributed by atoms with Gasteiger partial charge in [0.25, 0.3) is 5.91 Å². The Hall–Kier alpha value is -1.21. The molecule has 2 rings (SSSR count). The van der Waals surface area contributed by atoms with Crippen molar-refractivity contribution in [2.45, 2.75) is 39.7 Å². The highest BCUT2D eigenvalue weighted by molar-refractivity contribution is 7.14. The van der Waals surface area contributed by atoms with Crippen LogP contribution in [0, 0.1) is 12.3 Å². The molecule has 0 unspecified atom stereocenters. The molecule has 1 aliphatic rings. The maximum atomic E-state index is 12.6. The van der Waals surface area contributed by atoms with E-state index >= 15 is 0 Å². The third-order valence-electron chi connectivity index (χ3n) is 4.43. The minimum absolute atomic E-state index is 0.0445. The zero-order valence-corrected chi connectivity index (χ0v) is 13.6. The lowest BCUT2D eigenvalue weighted by Crippen LogP contribution is -2.44. The number of likely N-dealkylation sites (tertiary alicyclic amines) is 1. The van der Waals surface area contributed by atoms with E-state index in [0.29, 0.717) is 13.1 Å². The second kappa shape index (κ2) is 6.91. The summed E-state index contributed by atoms with van der Waals surface area (Å²) < 4.78 is 29.3. The molecule has 0 spiro atoms. The average molecular weight is 333 g/mol. The van der Waals surface area contributed by atoms with E-state index in [1.165, 1.54) is 17.4 Å².